The lowest BCUT2D eigenvalue weighted by molar-refractivity contribution is -0.138. The number of thiophene rings is 1. The van der Waals surface area contributed by atoms with Crippen molar-refractivity contribution in [3.8, 4) is 11.3 Å². The topological polar surface area (TPSA) is 72.9 Å². The lowest BCUT2D eigenvalue weighted by Crippen LogP contribution is -2.41. The van der Waals surface area contributed by atoms with Gasteiger partial charge in [0.25, 0.3) is 5.91 Å². The highest BCUT2D eigenvalue weighted by molar-refractivity contribution is 7.18. The van der Waals surface area contributed by atoms with Gasteiger partial charge in [-0.15, -0.1) is 11.3 Å². The van der Waals surface area contributed by atoms with Gasteiger partial charge in [0.05, 0.1) is 27.4 Å². The van der Waals surface area contributed by atoms with Crippen LogP contribution in [-0.2, 0) is 19.1 Å². The number of hydrogen-bond acceptors (Lipinski definition) is 4. The summed E-state index contributed by atoms with van der Waals surface area (Å²) in [7, 11) is 0. The number of alkyl halides is 3. The minimum atomic E-state index is -4.49. The van der Waals surface area contributed by atoms with Crippen molar-refractivity contribution in [3.63, 3.8) is 0 Å². The molecule has 0 aliphatic rings. The molecule has 0 fully saturated rings. The van der Waals surface area contributed by atoms with Gasteiger partial charge >= 0.3 is 6.18 Å². The van der Waals surface area contributed by atoms with Crippen LogP contribution in [0.5, 0.6) is 0 Å². The molecule has 1 amide bonds. The highest BCUT2D eigenvalue weighted by Crippen LogP contribution is 2.39. The highest BCUT2D eigenvalue weighted by Gasteiger charge is 2.33. The van der Waals surface area contributed by atoms with Crippen LogP contribution < -0.4 is 11.1 Å². The van der Waals surface area contributed by atoms with E-state index in [1.165, 1.54) is 24.4 Å². The lowest BCUT2D eigenvalue weighted by Gasteiger charge is -2.19. The first-order valence-electron chi connectivity index (χ1n) is 9.32. The molecule has 1 aromatic carbocycles. The largest absolute Gasteiger partial charge is 0.416 e. The van der Waals surface area contributed by atoms with E-state index in [1.807, 2.05) is 6.92 Å². The maximum atomic E-state index is 13.3. The Labute approximate surface area is 191 Å². The number of carbonyl (C=O) groups excluding carboxylic acids is 1. The molecule has 3 aromatic rings. The van der Waals surface area contributed by atoms with Crippen molar-refractivity contribution in [2.75, 3.05) is 6.54 Å². The molecule has 2 heterocycles. The summed E-state index contributed by atoms with van der Waals surface area (Å²) in [6, 6.07) is 6.14. The zero-order valence-corrected chi connectivity index (χ0v) is 18.7. The molecule has 2 aromatic heterocycles. The second-order valence-electron chi connectivity index (χ2n) is 6.72. The molecule has 0 spiro atoms. The van der Waals surface area contributed by atoms with Gasteiger partial charge in [-0.2, -0.15) is 18.3 Å². The van der Waals surface area contributed by atoms with Crippen molar-refractivity contribution in [2.45, 2.75) is 32.1 Å². The fourth-order valence-electron chi connectivity index (χ4n) is 3.20. The van der Waals surface area contributed by atoms with Crippen molar-refractivity contribution >= 4 is 40.4 Å². The molecule has 0 bridgehead atoms. The monoisotopic (exact) mass is 490 g/mol. The van der Waals surface area contributed by atoms with Gasteiger partial charge in [0, 0.05) is 24.7 Å². The van der Waals surface area contributed by atoms with Gasteiger partial charge < -0.3 is 11.1 Å². The molecule has 5 nitrogen and oxygen atoms in total. The number of rotatable bonds is 7. The molecular weight excluding hydrogens is 472 g/mol. The summed E-state index contributed by atoms with van der Waals surface area (Å²) in [4.78, 5) is 13.1. The van der Waals surface area contributed by atoms with E-state index in [4.69, 9.17) is 28.9 Å². The van der Waals surface area contributed by atoms with E-state index in [9.17, 15) is 18.0 Å². The second kappa shape index (κ2) is 9.60. The fraction of sp³-hybridized carbons (Fsp3) is 0.300. The van der Waals surface area contributed by atoms with Gasteiger partial charge in [0.1, 0.15) is 4.34 Å². The summed E-state index contributed by atoms with van der Waals surface area (Å²) >= 11 is 13.6. The highest BCUT2D eigenvalue weighted by atomic mass is 35.5. The number of carbonyl (C=O) groups is 1. The molecule has 166 valence electrons. The first-order chi connectivity index (χ1) is 14.7. The van der Waals surface area contributed by atoms with Gasteiger partial charge in [0.2, 0.25) is 0 Å². The van der Waals surface area contributed by atoms with Crippen LogP contribution in [0, 0.1) is 0 Å². The normalized spacial score (nSPS) is 12.7. The van der Waals surface area contributed by atoms with Crippen molar-refractivity contribution in [1.29, 1.82) is 0 Å². The Kier molecular flexibility index (Phi) is 7.31. The molecule has 0 saturated carbocycles. The van der Waals surface area contributed by atoms with Gasteiger partial charge in [-0.05, 0) is 31.0 Å². The SMILES string of the molecule is CCn1ncc(Cl)c1-c1cc(C(=O)NC(CN)Cc2ccccc2C(F)(F)F)sc1Cl. The summed E-state index contributed by atoms with van der Waals surface area (Å²) in [6.07, 6.45) is -3.05. The van der Waals surface area contributed by atoms with E-state index >= 15 is 0 Å². The molecule has 0 saturated heterocycles. The van der Waals surface area contributed by atoms with Crippen molar-refractivity contribution in [1.82, 2.24) is 15.1 Å². The van der Waals surface area contributed by atoms with Crippen LogP contribution in [-0.4, -0.2) is 28.3 Å². The van der Waals surface area contributed by atoms with Crippen molar-refractivity contribution < 1.29 is 18.0 Å². The molecule has 31 heavy (non-hydrogen) atoms. The molecule has 3 rings (SSSR count). The first kappa shape index (κ1) is 23.6. The molecule has 3 N–H and O–H groups in total. The third-order valence-electron chi connectivity index (χ3n) is 4.67. The van der Waals surface area contributed by atoms with Gasteiger partial charge in [-0.1, -0.05) is 41.4 Å². The van der Waals surface area contributed by atoms with E-state index in [0.29, 0.717) is 32.0 Å². The zero-order valence-electron chi connectivity index (χ0n) is 16.3. The predicted octanol–water partition coefficient (Wildman–Crippen LogP) is 5.26. The first-order valence-corrected chi connectivity index (χ1v) is 10.9. The third kappa shape index (κ3) is 5.23. The summed E-state index contributed by atoms with van der Waals surface area (Å²) in [5.41, 5.74) is 6.21. The van der Waals surface area contributed by atoms with Crippen molar-refractivity contribution in [2.24, 2.45) is 5.73 Å². The van der Waals surface area contributed by atoms with Crippen LogP contribution in [0.15, 0.2) is 36.5 Å². The van der Waals surface area contributed by atoms with E-state index in [2.05, 4.69) is 10.4 Å². The standard InChI is InChI=1S/C20H19Cl2F3N4OS/c1-2-29-17(15(21)10-27-29)13-8-16(31-18(13)22)19(30)28-12(9-26)7-11-5-3-4-6-14(11)20(23,24)25/h3-6,8,10,12H,2,7,9,26H2,1H3,(H,28,30). The Morgan fingerprint density at radius 1 is 1.32 bits per heavy atom. The minimum Gasteiger partial charge on any atom is -0.347 e. The number of aryl methyl sites for hydroxylation is 1. The zero-order chi connectivity index (χ0) is 22.8. The van der Waals surface area contributed by atoms with E-state index in [0.717, 1.165) is 17.4 Å². The van der Waals surface area contributed by atoms with Crippen LogP contribution in [0.3, 0.4) is 0 Å². The quantitative estimate of drug-likeness (QED) is 0.474. The van der Waals surface area contributed by atoms with Crippen molar-refractivity contribution in [3.05, 3.63) is 61.9 Å². The van der Waals surface area contributed by atoms with Gasteiger partial charge in [-0.25, -0.2) is 0 Å². The molecule has 0 aliphatic carbocycles. The van der Waals surface area contributed by atoms with Crippen LogP contribution in [0.25, 0.3) is 11.3 Å². The number of nitrogens with zero attached hydrogens (tertiary/aromatic N) is 2. The smallest absolute Gasteiger partial charge is 0.347 e. The Morgan fingerprint density at radius 3 is 2.68 bits per heavy atom. The predicted molar refractivity (Wildman–Crippen MR) is 117 cm³/mol. The number of nitrogens with two attached hydrogens (primary N) is 1. The number of amides is 1. The van der Waals surface area contributed by atoms with Crippen LogP contribution in [0.2, 0.25) is 9.36 Å². The molecule has 1 atom stereocenters. The van der Waals surface area contributed by atoms with Crippen LogP contribution >= 0.6 is 34.5 Å². The Balaban J connectivity index is 1.81. The maximum absolute atomic E-state index is 13.3. The van der Waals surface area contributed by atoms with Crippen LogP contribution in [0.1, 0.15) is 27.7 Å². The summed E-state index contributed by atoms with van der Waals surface area (Å²) in [6.45, 7) is 2.42. The third-order valence-corrected chi connectivity index (χ3v) is 6.30. The van der Waals surface area contributed by atoms with Gasteiger partial charge in [-0.3, -0.25) is 9.48 Å². The van der Waals surface area contributed by atoms with E-state index in [-0.39, 0.29) is 18.5 Å². The number of halogens is 5. The Hall–Kier alpha value is -2.07. The summed E-state index contributed by atoms with van der Waals surface area (Å²) in [5, 5.41) is 7.27. The maximum Gasteiger partial charge on any atom is 0.416 e. The molecule has 1 unspecified atom stereocenters. The molecule has 0 radical (unpaired) electrons. The average Bonchev–Trinajstić information content (AvgIpc) is 3.28. The summed E-state index contributed by atoms with van der Waals surface area (Å²) in [5.74, 6) is -0.475. The minimum absolute atomic E-state index is 0.0294. The second-order valence-corrected chi connectivity index (χ2v) is 8.78. The number of benzene rings is 1. The number of hydrogen-bond donors (Lipinski definition) is 2. The Bertz CT molecular complexity index is 1080. The molecular formula is C20H19Cl2F3N4OS. The lowest BCUT2D eigenvalue weighted by atomic mass is 9.99. The van der Waals surface area contributed by atoms with Crippen LogP contribution in [0.4, 0.5) is 13.2 Å². The average molecular weight is 491 g/mol. The molecule has 0 aliphatic heterocycles. The Morgan fingerprint density at radius 2 is 2.03 bits per heavy atom. The fourth-order valence-corrected chi connectivity index (χ4v) is 4.63. The number of aromatic nitrogens is 2. The number of nitrogens with one attached hydrogen (secondary N) is 1. The van der Waals surface area contributed by atoms with E-state index in [1.54, 1.807) is 10.7 Å². The van der Waals surface area contributed by atoms with Gasteiger partial charge in [0.15, 0.2) is 0 Å². The summed E-state index contributed by atoms with van der Waals surface area (Å²) < 4.78 is 41.8. The molecule has 11 heteroatoms. The van der Waals surface area contributed by atoms with E-state index < -0.39 is 23.7 Å².